The molecule has 0 aliphatic heterocycles. The lowest BCUT2D eigenvalue weighted by Crippen LogP contribution is -2.07. The number of nitrogens with one attached hydrogen (secondary N) is 1. The summed E-state index contributed by atoms with van der Waals surface area (Å²) < 4.78 is 18.6. The quantitative estimate of drug-likeness (QED) is 0.874. The Kier molecular flexibility index (Phi) is 5.12. The fourth-order valence-corrected chi connectivity index (χ4v) is 3.00. The van der Waals surface area contributed by atoms with Crippen molar-refractivity contribution in [2.75, 3.05) is 12.4 Å². The van der Waals surface area contributed by atoms with Gasteiger partial charge in [-0.2, -0.15) is 0 Å². The topological polar surface area (TPSA) is 47.0 Å². The molecule has 0 amide bonds. The van der Waals surface area contributed by atoms with Gasteiger partial charge < -0.3 is 10.1 Å². The molecule has 0 bridgehead atoms. The fraction of sp³-hybridized carbons (Fsp3) is 0.467. The SMILES string of the molecule is COc1ccc(C(C)Nc2nnc(CC(C)C)s2)cc1F. The molecular formula is C15H20FN3OS. The van der Waals surface area contributed by atoms with Gasteiger partial charge in [0, 0.05) is 6.42 Å². The van der Waals surface area contributed by atoms with Crippen LogP contribution in [-0.2, 0) is 6.42 Å². The number of ether oxygens (including phenoxy) is 1. The normalized spacial score (nSPS) is 12.5. The molecule has 0 aliphatic carbocycles. The van der Waals surface area contributed by atoms with Gasteiger partial charge in [-0.25, -0.2) is 4.39 Å². The summed E-state index contributed by atoms with van der Waals surface area (Å²) in [6, 6.07) is 4.90. The van der Waals surface area contributed by atoms with E-state index in [0.29, 0.717) is 5.92 Å². The first kappa shape index (κ1) is 15.7. The average Bonchev–Trinajstić information content (AvgIpc) is 2.84. The van der Waals surface area contributed by atoms with E-state index in [9.17, 15) is 4.39 Å². The number of aromatic nitrogens is 2. The van der Waals surface area contributed by atoms with Gasteiger partial charge in [-0.1, -0.05) is 31.3 Å². The molecular weight excluding hydrogens is 289 g/mol. The van der Waals surface area contributed by atoms with Gasteiger partial charge in [0.25, 0.3) is 0 Å². The minimum Gasteiger partial charge on any atom is -0.494 e. The second-order valence-corrected chi connectivity index (χ2v) is 6.42. The number of anilines is 1. The van der Waals surface area contributed by atoms with Crippen LogP contribution in [0.15, 0.2) is 18.2 Å². The molecule has 1 heterocycles. The summed E-state index contributed by atoms with van der Waals surface area (Å²) in [6.07, 6.45) is 0.922. The van der Waals surface area contributed by atoms with E-state index in [1.165, 1.54) is 13.2 Å². The van der Waals surface area contributed by atoms with Gasteiger partial charge in [0.05, 0.1) is 13.2 Å². The standard InChI is InChI=1S/C15H20FN3OS/c1-9(2)7-14-18-19-15(21-14)17-10(3)11-5-6-13(20-4)12(16)8-11/h5-6,8-10H,7H2,1-4H3,(H,17,19). The molecule has 4 nitrogen and oxygen atoms in total. The number of nitrogens with zero attached hydrogens (tertiary/aromatic N) is 2. The largest absolute Gasteiger partial charge is 0.494 e. The van der Waals surface area contributed by atoms with Gasteiger partial charge in [0.15, 0.2) is 11.6 Å². The summed E-state index contributed by atoms with van der Waals surface area (Å²) in [5, 5.41) is 13.3. The molecule has 1 N–H and O–H groups in total. The Labute approximate surface area is 128 Å². The van der Waals surface area contributed by atoms with Crippen molar-refractivity contribution in [1.29, 1.82) is 0 Å². The van der Waals surface area contributed by atoms with E-state index < -0.39 is 0 Å². The van der Waals surface area contributed by atoms with E-state index in [1.54, 1.807) is 17.4 Å². The number of halogens is 1. The second kappa shape index (κ2) is 6.85. The van der Waals surface area contributed by atoms with Gasteiger partial charge in [0.2, 0.25) is 5.13 Å². The van der Waals surface area contributed by atoms with Crippen molar-refractivity contribution in [1.82, 2.24) is 10.2 Å². The van der Waals surface area contributed by atoms with E-state index in [0.717, 1.165) is 22.1 Å². The zero-order valence-electron chi connectivity index (χ0n) is 12.7. The first-order valence-corrected chi connectivity index (χ1v) is 7.73. The van der Waals surface area contributed by atoms with Crippen LogP contribution < -0.4 is 10.1 Å². The van der Waals surface area contributed by atoms with Crippen LogP contribution in [0.3, 0.4) is 0 Å². The summed E-state index contributed by atoms with van der Waals surface area (Å²) in [6.45, 7) is 6.26. The van der Waals surface area contributed by atoms with E-state index in [2.05, 4.69) is 29.4 Å². The van der Waals surface area contributed by atoms with E-state index in [4.69, 9.17) is 4.74 Å². The molecule has 0 spiro atoms. The van der Waals surface area contributed by atoms with Crippen molar-refractivity contribution in [3.8, 4) is 5.75 Å². The third-order valence-electron chi connectivity index (χ3n) is 3.07. The van der Waals surface area contributed by atoms with Crippen molar-refractivity contribution >= 4 is 16.5 Å². The highest BCUT2D eigenvalue weighted by atomic mass is 32.1. The second-order valence-electron chi connectivity index (χ2n) is 5.36. The van der Waals surface area contributed by atoms with E-state index in [1.807, 2.05) is 13.0 Å². The minimum atomic E-state index is -0.360. The smallest absolute Gasteiger partial charge is 0.206 e. The maximum Gasteiger partial charge on any atom is 0.206 e. The van der Waals surface area contributed by atoms with Crippen molar-refractivity contribution in [3.63, 3.8) is 0 Å². The molecule has 2 rings (SSSR count). The summed E-state index contributed by atoms with van der Waals surface area (Å²) in [7, 11) is 1.46. The van der Waals surface area contributed by atoms with Crippen LogP contribution >= 0.6 is 11.3 Å². The van der Waals surface area contributed by atoms with Crippen LogP contribution in [0.25, 0.3) is 0 Å². The molecule has 21 heavy (non-hydrogen) atoms. The van der Waals surface area contributed by atoms with Gasteiger partial charge in [-0.05, 0) is 30.5 Å². The van der Waals surface area contributed by atoms with Crippen LogP contribution in [0, 0.1) is 11.7 Å². The Morgan fingerprint density at radius 2 is 2.05 bits per heavy atom. The lowest BCUT2D eigenvalue weighted by Gasteiger charge is -2.13. The molecule has 1 unspecified atom stereocenters. The summed E-state index contributed by atoms with van der Waals surface area (Å²) in [5.74, 6) is 0.446. The highest BCUT2D eigenvalue weighted by molar-refractivity contribution is 7.15. The highest BCUT2D eigenvalue weighted by Crippen LogP contribution is 2.26. The summed E-state index contributed by atoms with van der Waals surface area (Å²) >= 11 is 1.54. The Balaban J connectivity index is 2.05. The zero-order chi connectivity index (χ0) is 15.4. The molecule has 0 radical (unpaired) electrons. The molecule has 2 aromatic rings. The van der Waals surface area contributed by atoms with Crippen LogP contribution in [0.4, 0.5) is 9.52 Å². The van der Waals surface area contributed by atoms with Crippen molar-refractivity contribution in [2.24, 2.45) is 5.92 Å². The molecule has 1 aromatic carbocycles. The Bertz CT molecular complexity index is 600. The number of methoxy groups -OCH3 is 1. The predicted molar refractivity (Wildman–Crippen MR) is 83.4 cm³/mol. The van der Waals surface area contributed by atoms with Gasteiger partial charge in [-0.3, -0.25) is 0 Å². The third-order valence-corrected chi connectivity index (χ3v) is 3.94. The summed E-state index contributed by atoms with van der Waals surface area (Å²) in [5.41, 5.74) is 0.842. The van der Waals surface area contributed by atoms with E-state index >= 15 is 0 Å². The van der Waals surface area contributed by atoms with Gasteiger partial charge in [-0.15, -0.1) is 10.2 Å². The van der Waals surface area contributed by atoms with Crippen molar-refractivity contribution in [3.05, 3.63) is 34.6 Å². The first-order chi connectivity index (χ1) is 9.99. The van der Waals surface area contributed by atoms with Crippen molar-refractivity contribution in [2.45, 2.75) is 33.2 Å². The maximum atomic E-state index is 13.7. The van der Waals surface area contributed by atoms with Crippen molar-refractivity contribution < 1.29 is 9.13 Å². The molecule has 1 atom stereocenters. The van der Waals surface area contributed by atoms with Crippen LogP contribution in [0.1, 0.15) is 37.4 Å². The monoisotopic (exact) mass is 309 g/mol. The lowest BCUT2D eigenvalue weighted by atomic mass is 10.1. The minimum absolute atomic E-state index is 0.0507. The molecule has 6 heteroatoms. The number of hydrogen-bond donors (Lipinski definition) is 1. The third kappa shape index (κ3) is 4.14. The molecule has 114 valence electrons. The van der Waals surface area contributed by atoms with Crippen LogP contribution in [0.5, 0.6) is 5.75 Å². The lowest BCUT2D eigenvalue weighted by molar-refractivity contribution is 0.386. The first-order valence-electron chi connectivity index (χ1n) is 6.92. The summed E-state index contributed by atoms with van der Waals surface area (Å²) in [4.78, 5) is 0. The number of hydrogen-bond acceptors (Lipinski definition) is 5. The average molecular weight is 309 g/mol. The van der Waals surface area contributed by atoms with Crippen LogP contribution in [-0.4, -0.2) is 17.3 Å². The van der Waals surface area contributed by atoms with Gasteiger partial charge >= 0.3 is 0 Å². The number of rotatable bonds is 6. The Hall–Kier alpha value is -1.69. The molecule has 0 aliphatic rings. The molecule has 1 aromatic heterocycles. The molecule has 0 fully saturated rings. The molecule has 0 saturated heterocycles. The fourth-order valence-electron chi connectivity index (χ4n) is 1.96. The van der Waals surface area contributed by atoms with Crippen LogP contribution in [0.2, 0.25) is 0 Å². The Morgan fingerprint density at radius 3 is 2.67 bits per heavy atom. The zero-order valence-corrected chi connectivity index (χ0v) is 13.5. The maximum absolute atomic E-state index is 13.7. The van der Waals surface area contributed by atoms with Gasteiger partial charge in [0.1, 0.15) is 5.01 Å². The highest BCUT2D eigenvalue weighted by Gasteiger charge is 2.12. The number of benzene rings is 1. The molecule has 0 saturated carbocycles. The predicted octanol–water partition coefficient (Wildman–Crippen LogP) is 4.06. The Morgan fingerprint density at radius 1 is 1.29 bits per heavy atom. The van der Waals surface area contributed by atoms with E-state index in [-0.39, 0.29) is 17.6 Å².